The molecule has 1 amide bonds. The van der Waals surface area contributed by atoms with Gasteiger partial charge in [0.25, 0.3) is 5.91 Å². The Morgan fingerprint density at radius 2 is 1.88 bits per heavy atom. The highest BCUT2D eigenvalue weighted by atomic mass is 16.5. The SMILES string of the molecule is COc1ccc(C2C(C(=O)Nc3cccnc3)=C(C)Nc3nc(-c4ccc(O)cc4)nn32)cc1. The van der Waals surface area contributed by atoms with Crippen molar-refractivity contribution in [2.45, 2.75) is 13.0 Å². The number of phenolic OH excluding ortho intramolecular Hbond substituents is 1. The lowest BCUT2D eigenvalue weighted by molar-refractivity contribution is -0.113. The zero-order valence-corrected chi connectivity index (χ0v) is 18.6. The summed E-state index contributed by atoms with van der Waals surface area (Å²) >= 11 is 0. The first-order valence-corrected chi connectivity index (χ1v) is 10.6. The van der Waals surface area contributed by atoms with Gasteiger partial charge in [0, 0.05) is 17.5 Å². The molecule has 1 aliphatic rings. The normalized spacial score (nSPS) is 14.8. The molecule has 3 heterocycles. The Bertz CT molecular complexity index is 1360. The van der Waals surface area contributed by atoms with E-state index in [1.165, 1.54) is 0 Å². The third kappa shape index (κ3) is 3.95. The molecule has 5 rings (SSSR count). The highest BCUT2D eigenvalue weighted by Gasteiger charge is 2.34. The molecule has 2 aromatic heterocycles. The van der Waals surface area contributed by atoms with Crippen molar-refractivity contribution in [1.29, 1.82) is 0 Å². The molecule has 34 heavy (non-hydrogen) atoms. The van der Waals surface area contributed by atoms with Gasteiger partial charge in [-0.25, -0.2) is 4.68 Å². The first-order chi connectivity index (χ1) is 16.5. The van der Waals surface area contributed by atoms with Gasteiger partial charge in [-0.3, -0.25) is 9.78 Å². The van der Waals surface area contributed by atoms with Crippen LogP contribution in [0.5, 0.6) is 11.5 Å². The summed E-state index contributed by atoms with van der Waals surface area (Å²) in [5.74, 6) is 1.59. The standard InChI is InChI=1S/C25H22N6O3/c1-15-21(24(33)28-18-4-3-13-26-14-18)22(16-7-11-20(34-2)12-8-16)31-25(27-15)29-23(30-31)17-5-9-19(32)10-6-17/h3-14,22,32H,1-2H3,(H,28,33)(H,27,29,30). The van der Waals surface area contributed by atoms with Crippen LogP contribution < -0.4 is 15.4 Å². The highest BCUT2D eigenvalue weighted by Crippen LogP contribution is 2.37. The number of aromatic hydroxyl groups is 1. The number of rotatable bonds is 5. The number of ether oxygens (including phenoxy) is 1. The molecule has 0 aliphatic carbocycles. The lowest BCUT2D eigenvalue weighted by Crippen LogP contribution is -2.31. The number of amides is 1. The summed E-state index contributed by atoms with van der Waals surface area (Å²) in [6.45, 7) is 1.84. The average molecular weight is 454 g/mol. The van der Waals surface area contributed by atoms with Gasteiger partial charge >= 0.3 is 0 Å². The number of methoxy groups -OCH3 is 1. The summed E-state index contributed by atoms with van der Waals surface area (Å²) in [7, 11) is 1.61. The maximum Gasteiger partial charge on any atom is 0.255 e. The van der Waals surface area contributed by atoms with E-state index in [0.717, 1.165) is 11.1 Å². The summed E-state index contributed by atoms with van der Waals surface area (Å²) in [4.78, 5) is 22.2. The molecule has 2 aromatic carbocycles. The third-order valence-electron chi connectivity index (χ3n) is 5.57. The largest absolute Gasteiger partial charge is 0.508 e. The number of phenols is 1. The van der Waals surface area contributed by atoms with Crippen molar-refractivity contribution in [3.63, 3.8) is 0 Å². The Hall–Kier alpha value is -4.66. The van der Waals surface area contributed by atoms with Crippen LogP contribution in [-0.2, 0) is 4.79 Å². The molecule has 0 saturated carbocycles. The number of carbonyl (C=O) groups excluding carboxylic acids is 1. The molecule has 0 fully saturated rings. The van der Waals surface area contributed by atoms with E-state index in [1.807, 2.05) is 31.2 Å². The number of aromatic nitrogens is 4. The second-order valence-electron chi connectivity index (χ2n) is 7.79. The van der Waals surface area contributed by atoms with Crippen molar-refractivity contribution in [1.82, 2.24) is 19.7 Å². The van der Waals surface area contributed by atoms with E-state index in [-0.39, 0.29) is 11.7 Å². The van der Waals surface area contributed by atoms with Crippen molar-refractivity contribution in [2.75, 3.05) is 17.7 Å². The third-order valence-corrected chi connectivity index (χ3v) is 5.57. The van der Waals surface area contributed by atoms with Gasteiger partial charge in [-0.1, -0.05) is 12.1 Å². The molecule has 1 aliphatic heterocycles. The van der Waals surface area contributed by atoms with Crippen LogP contribution in [0.3, 0.4) is 0 Å². The zero-order chi connectivity index (χ0) is 23.7. The van der Waals surface area contributed by atoms with Crippen LogP contribution in [-0.4, -0.2) is 37.9 Å². The Morgan fingerprint density at radius 1 is 1.12 bits per heavy atom. The first-order valence-electron chi connectivity index (χ1n) is 10.6. The molecular formula is C25H22N6O3. The fourth-order valence-corrected chi connectivity index (χ4v) is 3.91. The molecule has 170 valence electrons. The van der Waals surface area contributed by atoms with Crippen molar-refractivity contribution in [3.05, 3.63) is 89.9 Å². The molecule has 3 N–H and O–H groups in total. The minimum Gasteiger partial charge on any atom is -0.508 e. The quantitative estimate of drug-likeness (QED) is 0.418. The maximum atomic E-state index is 13.5. The van der Waals surface area contributed by atoms with Gasteiger partial charge in [0.1, 0.15) is 17.5 Å². The fourth-order valence-electron chi connectivity index (χ4n) is 3.91. The van der Waals surface area contributed by atoms with Crippen molar-refractivity contribution >= 4 is 17.5 Å². The summed E-state index contributed by atoms with van der Waals surface area (Å²) in [5.41, 5.74) is 3.36. The molecule has 0 bridgehead atoms. The summed E-state index contributed by atoms with van der Waals surface area (Å²) in [6, 6.07) is 17.2. The minimum absolute atomic E-state index is 0.161. The van der Waals surface area contributed by atoms with Crippen molar-refractivity contribution in [2.24, 2.45) is 0 Å². The van der Waals surface area contributed by atoms with Crippen LogP contribution in [0, 0.1) is 0 Å². The van der Waals surface area contributed by atoms with E-state index >= 15 is 0 Å². The molecule has 0 radical (unpaired) electrons. The van der Waals surface area contributed by atoms with E-state index in [1.54, 1.807) is 60.6 Å². The molecule has 9 nitrogen and oxygen atoms in total. The van der Waals surface area contributed by atoms with E-state index < -0.39 is 6.04 Å². The van der Waals surface area contributed by atoms with Gasteiger partial charge in [0.05, 0.1) is 24.6 Å². The number of fused-ring (bicyclic) bond motifs is 1. The zero-order valence-electron chi connectivity index (χ0n) is 18.6. The Morgan fingerprint density at radius 3 is 2.56 bits per heavy atom. The van der Waals surface area contributed by atoms with Gasteiger partial charge in [-0.15, -0.1) is 5.10 Å². The van der Waals surface area contributed by atoms with Gasteiger partial charge in [0.2, 0.25) is 5.95 Å². The van der Waals surface area contributed by atoms with Crippen LogP contribution in [0.4, 0.5) is 11.6 Å². The first kappa shape index (κ1) is 21.2. The van der Waals surface area contributed by atoms with E-state index in [2.05, 4.69) is 20.6 Å². The number of hydrogen-bond donors (Lipinski definition) is 3. The van der Waals surface area contributed by atoms with Gasteiger partial charge in [-0.05, 0) is 61.0 Å². The molecule has 0 spiro atoms. The van der Waals surface area contributed by atoms with Crippen LogP contribution in [0.15, 0.2) is 84.3 Å². The number of hydrogen-bond acceptors (Lipinski definition) is 7. The Balaban J connectivity index is 1.59. The maximum absolute atomic E-state index is 13.5. The minimum atomic E-state index is -0.530. The highest BCUT2D eigenvalue weighted by molar-refractivity contribution is 6.05. The van der Waals surface area contributed by atoms with Crippen LogP contribution in [0.25, 0.3) is 11.4 Å². The van der Waals surface area contributed by atoms with Crippen molar-refractivity contribution in [3.8, 4) is 22.9 Å². The molecule has 4 aromatic rings. The fraction of sp³-hybridized carbons (Fsp3) is 0.120. The van der Waals surface area contributed by atoms with E-state index in [4.69, 9.17) is 9.84 Å². The van der Waals surface area contributed by atoms with E-state index in [0.29, 0.717) is 34.5 Å². The monoisotopic (exact) mass is 454 g/mol. The van der Waals surface area contributed by atoms with Crippen molar-refractivity contribution < 1.29 is 14.6 Å². The number of nitrogens with one attached hydrogen (secondary N) is 2. The number of allylic oxidation sites excluding steroid dienone is 1. The van der Waals surface area contributed by atoms with Gasteiger partial charge < -0.3 is 20.5 Å². The second kappa shape index (κ2) is 8.70. The number of benzene rings is 2. The molecular weight excluding hydrogens is 432 g/mol. The van der Waals surface area contributed by atoms with Crippen LogP contribution in [0.1, 0.15) is 18.5 Å². The predicted molar refractivity (Wildman–Crippen MR) is 127 cm³/mol. The smallest absolute Gasteiger partial charge is 0.255 e. The molecule has 1 atom stereocenters. The van der Waals surface area contributed by atoms with Crippen LogP contribution >= 0.6 is 0 Å². The molecule has 9 heteroatoms. The average Bonchev–Trinajstić information content (AvgIpc) is 3.27. The van der Waals surface area contributed by atoms with Gasteiger partial charge in [-0.2, -0.15) is 4.98 Å². The van der Waals surface area contributed by atoms with Gasteiger partial charge in [0.15, 0.2) is 5.82 Å². The topological polar surface area (TPSA) is 114 Å². The predicted octanol–water partition coefficient (Wildman–Crippen LogP) is 3.98. The Labute approximate surface area is 195 Å². The summed E-state index contributed by atoms with van der Waals surface area (Å²) in [5, 5.41) is 20.5. The summed E-state index contributed by atoms with van der Waals surface area (Å²) in [6.07, 6.45) is 3.24. The van der Waals surface area contributed by atoms with E-state index in [9.17, 15) is 9.90 Å². The number of anilines is 2. The lowest BCUT2D eigenvalue weighted by Gasteiger charge is -2.28. The lowest BCUT2D eigenvalue weighted by atomic mass is 9.95. The molecule has 1 unspecified atom stereocenters. The number of pyridine rings is 1. The Kier molecular flexibility index (Phi) is 5.43. The summed E-state index contributed by atoms with van der Waals surface area (Å²) < 4.78 is 7.01. The van der Waals surface area contributed by atoms with Crippen LogP contribution in [0.2, 0.25) is 0 Å². The molecule has 0 saturated heterocycles. The second-order valence-corrected chi connectivity index (χ2v) is 7.79. The number of carbonyl (C=O) groups is 1. The number of nitrogens with zero attached hydrogens (tertiary/aromatic N) is 4.